The van der Waals surface area contributed by atoms with Crippen molar-refractivity contribution in [3.05, 3.63) is 34.1 Å². The number of nitrogen functional groups attached to an aromatic ring is 1. The summed E-state index contributed by atoms with van der Waals surface area (Å²) in [5.41, 5.74) is 7.75. The average molecular weight is 298 g/mol. The van der Waals surface area contributed by atoms with Crippen molar-refractivity contribution in [1.29, 1.82) is 0 Å². The van der Waals surface area contributed by atoms with Crippen molar-refractivity contribution in [2.24, 2.45) is 0 Å². The second kappa shape index (κ2) is 5.43. The van der Waals surface area contributed by atoms with Gasteiger partial charge in [0.25, 0.3) is 0 Å². The molecule has 2 rings (SSSR count). The fourth-order valence-corrected chi connectivity index (χ4v) is 2.63. The van der Waals surface area contributed by atoms with E-state index in [1.807, 2.05) is 10.6 Å². The third kappa shape index (κ3) is 2.58. The second-order valence-corrected chi connectivity index (χ2v) is 5.57. The van der Waals surface area contributed by atoms with Crippen molar-refractivity contribution in [2.45, 2.75) is 33.2 Å². The maximum absolute atomic E-state index is 6.23. The van der Waals surface area contributed by atoms with Gasteiger partial charge >= 0.3 is 0 Å². The van der Waals surface area contributed by atoms with Crippen molar-refractivity contribution in [2.75, 3.05) is 5.73 Å². The van der Waals surface area contributed by atoms with Crippen molar-refractivity contribution in [3.8, 4) is 11.3 Å². The summed E-state index contributed by atoms with van der Waals surface area (Å²) < 4.78 is 2.02. The van der Waals surface area contributed by atoms with Gasteiger partial charge in [-0.25, -0.2) is 4.98 Å². The standard InChI is InChI=1S/C14H17Cl2N3/c1-4-19-13(17)12(18-14(19)8(2)3)10-6-5-9(15)7-11(10)16/h5-8H,4,17H2,1-3H3. The Bertz CT molecular complexity index is 603. The second-order valence-electron chi connectivity index (χ2n) is 4.73. The van der Waals surface area contributed by atoms with Gasteiger partial charge in [-0.3, -0.25) is 0 Å². The Morgan fingerprint density at radius 1 is 1.32 bits per heavy atom. The molecule has 0 aliphatic heterocycles. The molecule has 1 aromatic heterocycles. The van der Waals surface area contributed by atoms with Gasteiger partial charge in [-0.05, 0) is 25.1 Å². The first kappa shape index (κ1) is 14.2. The molecule has 0 spiro atoms. The predicted octanol–water partition coefficient (Wildman–Crippen LogP) is 4.58. The molecule has 0 fully saturated rings. The summed E-state index contributed by atoms with van der Waals surface area (Å²) in [4.78, 5) is 4.65. The molecule has 0 unspecified atom stereocenters. The lowest BCUT2D eigenvalue weighted by Crippen LogP contribution is -2.06. The molecule has 0 amide bonds. The summed E-state index contributed by atoms with van der Waals surface area (Å²) in [5.74, 6) is 1.93. The van der Waals surface area contributed by atoms with Crippen LogP contribution in [0.1, 0.15) is 32.5 Å². The number of nitrogens with two attached hydrogens (primary N) is 1. The van der Waals surface area contributed by atoms with Gasteiger partial charge in [-0.1, -0.05) is 37.0 Å². The zero-order valence-corrected chi connectivity index (χ0v) is 12.8. The average Bonchev–Trinajstić information content (AvgIpc) is 2.66. The number of imidazole rings is 1. The van der Waals surface area contributed by atoms with Crippen LogP contribution in [0.2, 0.25) is 10.0 Å². The van der Waals surface area contributed by atoms with Crippen LogP contribution >= 0.6 is 23.2 Å². The first-order chi connectivity index (χ1) is 8.95. The van der Waals surface area contributed by atoms with Crippen LogP contribution in [0, 0.1) is 0 Å². The minimum absolute atomic E-state index is 0.307. The molecule has 2 aromatic rings. The van der Waals surface area contributed by atoms with E-state index in [9.17, 15) is 0 Å². The van der Waals surface area contributed by atoms with E-state index in [1.165, 1.54) is 0 Å². The Kier molecular flexibility index (Phi) is 4.07. The minimum atomic E-state index is 0.307. The molecule has 5 heteroatoms. The molecule has 102 valence electrons. The lowest BCUT2D eigenvalue weighted by atomic mass is 10.1. The fourth-order valence-electron chi connectivity index (χ4n) is 2.14. The number of aromatic nitrogens is 2. The van der Waals surface area contributed by atoms with Crippen molar-refractivity contribution >= 4 is 29.0 Å². The van der Waals surface area contributed by atoms with Gasteiger partial charge in [0.2, 0.25) is 0 Å². The third-order valence-corrected chi connectivity index (χ3v) is 3.60. The summed E-state index contributed by atoms with van der Waals surface area (Å²) >= 11 is 12.1. The summed E-state index contributed by atoms with van der Waals surface area (Å²) in [7, 11) is 0. The Morgan fingerprint density at radius 3 is 2.47 bits per heavy atom. The van der Waals surface area contributed by atoms with E-state index in [2.05, 4.69) is 25.8 Å². The highest BCUT2D eigenvalue weighted by Gasteiger charge is 2.19. The maximum atomic E-state index is 6.23. The van der Waals surface area contributed by atoms with Gasteiger partial charge in [0.05, 0.1) is 5.02 Å². The van der Waals surface area contributed by atoms with E-state index >= 15 is 0 Å². The lowest BCUT2D eigenvalue weighted by molar-refractivity contribution is 0.658. The van der Waals surface area contributed by atoms with Gasteiger partial charge in [0.1, 0.15) is 17.3 Å². The van der Waals surface area contributed by atoms with Crippen LogP contribution in [-0.2, 0) is 6.54 Å². The number of hydrogen-bond donors (Lipinski definition) is 1. The number of anilines is 1. The molecule has 2 N–H and O–H groups in total. The number of rotatable bonds is 3. The molecular weight excluding hydrogens is 281 g/mol. The largest absolute Gasteiger partial charge is 0.383 e. The highest BCUT2D eigenvalue weighted by Crippen LogP contribution is 2.35. The van der Waals surface area contributed by atoms with Gasteiger partial charge in [0, 0.05) is 23.0 Å². The molecule has 0 bridgehead atoms. The van der Waals surface area contributed by atoms with E-state index in [0.29, 0.717) is 21.8 Å². The molecule has 0 aliphatic rings. The predicted molar refractivity (Wildman–Crippen MR) is 81.9 cm³/mol. The molecule has 3 nitrogen and oxygen atoms in total. The number of benzene rings is 1. The van der Waals surface area contributed by atoms with Crippen molar-refractivity contribution in [3.63, 3.8) is 0 Å². The van der Waals surface area contributed by atoms with Crippen LogP contribution in [0.5, 0.6) is 0 Å². The molecule has 0 radical (unpaired) electrons. The van der Waals surface area contributed by atoms with E-state index in [-0.39, 0.29) is 0 Å². The van der Waals surface area contributed by atoms with Crippen molar-refractivity contribution < 1.29 is 0 Å². The fraction of sp³-hybridized carbons (Fsp3) is 0.357. The van der Waals surface area contributed by atoms with Crippen LogP contribution in [0.4, 0.5) is 5.82 Å². The van der Waals surface area contributed by atoms with Crippen LogP contribution in [0.25, 0.3) is 11.3 Å². The van der Waals surface area contributed by atoms with Crippen LogP contribution in [0.3, 0.4) is 0 Å². The van der Waals surface area contributed by atoms with Crippen molar-refractivity contribution in [1.82, 2.24) is 9.55 Å². The SMILES string of the molecule is CCn1c(C(C)C)nc(-c2ccc(Cl)cc2Cl)c1N. The Labute approximate surface area is 123 Å². The summed E-state index contributed by atoms with van der Waals surface area (Å²) in [6.07, 6.45) is 0. The van der Waals surface area contributed by atoms with Gasteiger partial charge in [-0.15, -0.1) is 0 Å². The summed E-state index contributed by atoms with van der Waals surface area (Å²) in [5, 5.41) is 1.17. The first-order valence-corrected chi connectivity index (χ1v) is 7.02. The van der Waals surface area contributed by atoms with Gasteiger partial charge in [0.15, 0.2) is 0 Å². The Balaban J connectivity index is 2.63. The number of hydrogen-bond acceptors (Lipinski definition) is 2. The third-order valence-electron chi connectivity index (χ3n) is 3.06. The topological polar surface area (TPSA) is 43.8 Å². The summed E-state index contributed by atoms with van der Waals surface area (Å²) in [6, 6.07) is 5.35. The monoisotopic (exact) mass is 297 g/mol. The normalized spacial score (nSPS) is 11.3. The molecule has 19 heavy (non-hydrogen) atoms. The number of nitrogens with zero attached hydrogens (tertiary/aromatic N) is 2. The zero-order chi connectivity index (χ0) is 14.2. The molecule has 0 atom stereocenters. The highest BCUT2D eigenvalue weighted by molar-refractivity contribution is 6.36. The smallest absolute Gasteiger partial charge is 0.131 e. The Morgan fingerprint density at radius 2 is 2.00 bits per heavy atom. The quantitative estimate of drug-likeness (QED) is 0.901. The molecule has 1 heterocycles. The van der Waals surface area contributed by atoms with E-state index in [1.54, 1.807) is 12.1 Å². The van der Waals surface area contributed by atoms with Gasteiger partial charge in [-0.2, -0.15) is 0 Å². The van der Waals surface area contributed by atoms with E-state index in [4.69, 9.17) is 28.9 Å². The zero-order valence-electron chi connectivity index (χ0n) is 11.2. The number of halogens is 2. The lowest BCUT2D eigenvalue weighted by Gasteiger charge is -2.08. The summed E-state index contributed by atoms with van der Waals surface area (Å²) in [6.45, 7) is 7.04. The maximum Gasteiger partial charge on any atom is 0.131 e. The van der Waals surface area contributed by atoms with Crippen LogP contribution < -0.4 is 5.73 Å². The van der Waals surface area contributed by atoms with E-state index < -0.39 is 0 Å². The van der Waals surface area contributed by atoms with Gasteiger partial charge < -0.3 is 10.3 Å². The molecule has 1 aromatic carbocycles. The Hall–Kier alpha value is -1.19. The minimum Gasteiger partial charge on any atom is -0.383 e. The highest BCUT2D eigenvalue weighted by atomic mass is 35.5. The van der Waals surface area contributed by atoms with Crippen LogP contribution in [0.15, 0.2) is 18.2 Å². The van der Waals surface area contributed by atoms with Crippen LogP contribution in [-0.4, -0.2) is 9.55 Å². The molecule has 0 saturated heterocycles. The van der Waals surface area contributed by atoms with E-state index in [0.717, 1.165) is 23.6 Å². The molecule has 0 saturated carbocycles. The first-order valence-electron chi connectivity index (χ1n) is 6.27. The molecule has 0 aliphatic carbocycles. The molecular formula is C14H17Cl2N3.